The summed E-state index contributed by atoms with van der Waals surface area (Å²) in [5.74, 6) is 0.825. The van der Waals surface area contributed by atoms with Crippen molar-refractivity contribution in [2.75, 3.05) is 4.90 Å². The zero-order valence-electron chi connectivity index (χ0n) is 21.2. The van der Waals surface area contributed by atoms with Crippen molar-refractivity contribution in [2.24, 2.45) is 10.1 Å². The van der Waals surface area contributed by atoms with Crippen molar-refractivity contribution in [1.82, 2.24) is 0 Å². The molecule has 1 heterocycles. The summed E-state index contributed by atoms with van der Waals surface area (Å²) in [5, 5.41) is 13.8. The first kappa shape index (κ1) is 29.6. The minimum Gasteiger partial charge on any atom is -0.308 e. The van der Waals surface area contributed by atoms with Gasteiger partial charge in [-0.1, -0.05) is 71.7 Å². The number of hydrogen-bond acceptors (Lipinski definition) is 5. The molecule has 0 bridgehead atoms. The van der Waals surface area contributed by atoms with Gasteiger partial charge in [-0.25, -0.2) is 4.99 Å². The molecular formula is C29H32BrClN4S. The second kappa shape index (κ2) is 14.8. The standard InChI is InChI=1S/C20H17BrClN3.C7H9NS.C2H6/c1-3-19-18(12-23)13(2)24-20(14-4-6-15(21)7-5-14)25(19)17-10-8-16(22)9-11-17;1-6-3-2-4-7(5-6)9-8;1-2/h3-12,23H,1-2H3;2-5H,8H2,1H3;1-2H3/b19-3-,23-12?;;. The number of benzene rings is 3. The Morgan fingerprint density at radius 2 is 1.64 bits per heavy atom. The Hall–Kier alpha value is -2.64. The first-order valence-corrected chi connectivity index (χ1v) is 13.6. The van der Waals surface area contributed by atoms with Gasteiger partial charge in [-0.05, 0) is 86.8 Å². The van der Waals surface area contributed by atoms with E-state index in [1.165, 1.54) is 23.7 Å². The molecule has 0 radical (unpaired) electrons. The van der Waals surface area contributed by atoms with Gasteiger partial charge in [0.25, 0.3) is 0 Å². The largest absolute Gasteiger partial charge is 0.308 e. The smallest absolute Gasteiger partial charge is 0.145 e. The van der Waals surface area contributed by atoms with Gasteiger partial charge in [0.2, 0.25) is 0 Å². The first-order chi connectivity index (χ1) is 17.4. The van der Waals surface area contributed by atoms with E-state index in [0.29, 0.717) is 5.02 Å². The van der Waals surface area contributed by atoms with E-state index in [-0.39, 0.29) is 0 Å². The number of hydrogen-bond donors (Lipinski definition) is 2. The molecule has 36 heavy (non-hydrogen) atoms. The fourth-order valence-electron chi connectivity index (χ4n) is 3.48. The van der Waals surface area contributed by atoms with Gasteiger partial charge in [0.15, 0.2) is 0 Å². The van der Waals surface area contributed by atoms with Crippen LogP contribution in [0.2, 0.25) is 5.02 Å². The lowest BCUT2D eigenvalue weighted by molar-refractivity contribution is 1.11. The zero-order chi connectivity index (χ0) is 26.7. The number of halogens is 2. The molecule has 0 amide bonds. The highest BCUT2D eigenvalue weighted by atomic mass is 79.9. The Balaban J connectivity index is 0.000000347. The number of anilines is 1. The van der Waals surface area contributed by atoms with Crippen LogP contribution in [0.25, 0.3) is 0 Å². The normalized spacial score (nSPS) is 13.8. The van der Waals surface area contributed by atoms with E-state index in [4.69, 9.17) is 27.1 Å². The lowest BCUT2D eigenvalue weighted by atomic mass is 10.0. The van der Waals surface area contributed by atoms with Gasteiger partial charge >= 0.3 is 0 Å². The second-order valence-electron chi connectivity index (χ2n) is 7.51. The highest BCUT2D eigenvalue weighted by molar-refractivity contribution is 9.10. The van der Waals surface area contributed by atoms with E-state index in [1.54, 1.807) is 0 Å². The van der Waals surface area contributed by atoms with E-state index in [9.17, 15) is 0 Å². The van der Waals surface area contributed by atoms with Crippen LogP contribution in [0.15, 0.2) is 110 Å². The predicted octanol–water partition coefficient (Wildman–Crippen LogP) is 9.18. The SMILES string of the molecule is C/C=C1/C(C=N)=C(C)N=C(c2ccc(Br)cc2)N1c1ccc(Cl)cc1.CC.Cc1cccc(SN)c1. The molecule has 0 saturated carbocycles. The molecule has 188 valence electrons. The van der Waals surface area contributed by atoms with Crippen LogP contribution in [0.4, 0.5) is 5.69 Å². The Morgan fingerprint density at radius 1 is 1.00 bits per heavy atom. The molecule has 4 rings (SSSR count). The van der Waals surface area contributed by atoms with Crippen LogP contribution < -0.4 is 10.0 Å². The summed E-state index contributed by atoms with van der Waals surface area (Å²) in [6, 6.07) is 23.8. The molecule has 0 atom stereocenters. The third kappa shape index (κ3) is 7.68. The number of aliphatic imine (C=N–C) groups is 1. The average molecular weight is 584 g/mol. The Kier molecular flexibility index (Phi) is 12.2. The topological polar surface area (TPSA) is 65.5 Å². The van der Waals surface area contributed by atoms with Crippen LogP contribution >= 0.6 is 39.5 Å². The number of rotatable bonds is 4. The average Bonchev–Trinajstić information content (AvgIpc) is 2.90. The maximum atomic E-state index is 7.80. The molecule has 3 aromatic carbocycles. The summed E-state index contributed by atoms with van der Waals surface area (Å²) < 4.78 is 1.02. The van der Waals surface area contributed by atoms with E-state index < -0.39 is 0 Å². The van der Waals surface area contributed by atoms with Crippen molar-refractivity contribution in [1.29, 1.82) is 5.41 Å². The van der Waals surface area contributed by atoms with Crippen molar-refractivity contribution in [3.63, 3.8) is 0 Å². The van der Waals surface area contributed by atoms with Crippen LogP contribution in [-0.4, -0.2) is 12.1 Å². The highest BCUT2D eigenvalue weighted by Gasteiger charge is 2.26. The number of amidine groups is 1. The molecule has 0 spiro atoms. The third-order valence-corrected chi connectivity index (χ3v) is 6.43. The highest BCUT2D eigenvalue weighted by Crippen LogP contribution is 2.33. The van der Waals surface area contributed by atoms with Gasteiger partial charge in [-0.3, -0.25) is 10.0 Å². The molecule has 3 N–H and O–H groups in total. The minimum absolute atomic E-state index is 0.684. The second-order valence-corrected chi connectivity index (χ2v) is 9.57. The number of nitrogens with two attached hydrogens (primary N) is 1. The number of allylic oxidation sites excluding steroid dienone is 3. The molecule has 0 saturated heterocycles. The predicted molar refractivity (Wildman–Crippen MR) is 162 cm³/mol. The molecular weight excluding hydrogens is 552 g/mol. The number of nitrogens with one attached hydrogen (secondary N) is 1. The summed E-state index contributed by atoms with van der Waals surface area (Å²) in [7, 11) is 0. The fraction of sp³-hybridized carbons (Fsp3) is 0.172. The molecule has 0 aromatic heterocycles. The summed E-state index contributed by atoms with van der Waals surface area (Å²) >= 11 is 10.8. The van der Waals surface area contributed by atoms with Gasteiger partial charge in [0, 0.05) is 37.4 Å². The summed E-state index contributed by atoms with van der Waals surface area (Å²) in [6.45, 7) is 9.96. The molecule has 0 unspecified atom stereocenters. The monoisotopic (exact) mass is 582 g/mol. The molecule has 7 heteroatoms. The quantitative estimate of drug-likeness (QED) is 0.238. The van der Waals surface area contributed by atoms with E-state index in [2.05, 4.69) is 39.9 Å². The number of nitrogens with zero attached hydrogens (tertiary/aromatic N) is 2. The van der Waals surface area contributed by atoms with Crippen molar-refractivity contribution in [2.45, 2.75) is 39.5 Å². The maximum Gasteiger partial charge on any atom is 0.145 e. The van der Waals surface area contributed by atoms with Crippen molar-refractivity contribution in [3.05, 3.63) is 116 Å². The number of aryl methyl sites for hydroxylation is 1. The molecule has 0 fully saturated rings. The van der Waals surface area contributed by atoms with Crippen molar-refractivity contribution >= 4 is 57.2 Å². The molecule has 3 aromatic rings. The van der Waals surface area contributed by atoms with Gasteiger partial charge in [-0.15, -0.1) is 0 Å². The van der Waals surface area contributed by atoms with E-state index >= 15 is 0 Å². The van der Waals surface area contributed by atoms with Gasteiger partial charge in [0.05, 0.1) is 11.4 Å². The third-order valence-electron chi connectivity index (χ3n) is 5.12. The van der Waals surface area contributed by atoms with Crippen LogP contribution in [0, 0.1) is 12.3 Å². The zero-order valence-corrected chi connectivity index (χ0v) is 24.4. The lowest BCUT2D eigenvalue weighted by Gasteiger charge is -2.33. The summed E-state index contributed by atoms with van der Waals surface area (Å²) in [6.07, 6.45) is 3.36. The van der Waals surface area contributed by atoms with Crippen LogP contribution in [-0.2, 0) is 0 Å². The molecule has 0 aliphatic carbocycles. The van der Waals surface area contributed by atoms with Crippen LogP contribution in [0.1, 0.15) is 38.8 Å². The summed E-state index contributed by atoms with van der Waals surface area (Å²) in [5.41, 5.74) is 5.77. The molecule has 1 aliphatic rings. The molecule has 1 aliphatic heterocycles. The Labute approximate surface area is 232 Å². The fourth-order valence-corrected chi connectivity index (χ4v) is 4.29. The minimum atomic E-state index is 0.684. The first-order valence-electron chi connectivity index (χ1n) is 11.6. The van der Waals surface area contributed by atoms with Gasteiger partial charge < -0.3 is 5.41 Å². The Bertz CT molecular complexity index is 1250. The van der Waals surface area contributed by atoms with Crippen LogP contribution in [0.5, 0.6) is 0 Å². The summed E-state index contributed by atoms with van der Waals surface area (Å²) in [4.78, 5) is 7.98. The molecule has 4 nitrogen and oxygen atoms in total. The van der Waals surface area contributed by atoms with Gasteiger partial charge in [-0.2, -0.15) is 0 Å². The van der Waals surface area contributed by atoms with Crippen LogP contribution in [0.3, 0.4) is 0 Å². The van der Waals surface area contributed by atoms with Crippen molar-refractivity contribution < 1.29 is 0 Å². The Morgan fingerprint density at radius 3 is 2.14 bits per heavy atom. The van der Waals surface area contributed by atoms with E-state index in [0.717, 1.165) is 43.4 Å². The van der Waals surface area contributed by atoms with Crippen molar-refractivity contribution in [3.8, 4) is 0 Å². The lowest BCUT2D eigenvalue weighted by Crippen LogP contribution is -2.35. The van der Waals surface area contributed by atoms with Gasteiger partial charge in [0.1, 0.15) is 5.84 Å². The maximum absolute atomic E-state index is 7.80. The van der Waals surface area contributed by atoms with E-state index in [1.807, 2.05) is 94.4 Å².